The Hall–Kier alpha value is -1.30. The summed E-state index contributed by atoms with van der Waals surface area (Å²) >= 11 is 0. The van der Waals surface area contributed by atoms with E-state index >= 15 is 0 Å². The van der Waals surface area contributed by atoms with Gasteiger partial charge in [0.1, 0.15) is 12.1 Å². The molecular formula is C17H26FN3O. The molecule has 5 heteroatoms. The SMILES string of the molecule is CC(C)N1CCN(CC(C=O)(CN)c2ccc(F)cc2)CC1. The van der Waals surface area contributed by atoms with Gasteiger partial charge in [0.15, 0.2) is 0 Å². The molecule has 2 N–H and O–H groups in total. The van der Waals surface area contributed by atoms with Crippen molar-refractivity contribution >= 4 is 6.29 Å². The number of nitrogens with zero attached hydrogens (tertiary/aromatic N) is 2. The zero-order valence-corrected chi connectivity index (χ0v) is 13.5. The molecule has 1 aromatic rings. The van der Waals surface area contributed by atoms with Crippen LogP contribution < -0.4 is 5.73 Å². The Balaban J connectivity index is 2.09. The van der Waals surface area contributed by atoms with Gasteiger partial charge < -0.3 is 10.5 Å². The summed E-state index contributed by atoms with van der Waals surface area (Å²) in [4.78, 5) is 16.5. The number of hydrogen-bond acceptors (Lipinski definition) is 4. The Morgan fingerprint density at radius 2 is 1.82 bits per heavy atom. The van der Waals surface area contributed by atoms with E-state index in [0.717, 1.165) is 38.0 Å². The molecule has 0 saturated carbocycles. The van der Waals surface area contributed by atoms with Gasteiger partial charge in [-0.25, -0.2) is 4.39 Å². The van der Waals surface area contributed by atoms with Crippen molar-refractivity contribution in [1.82, 2.24) is 9.80 Å². The summed E-state index contributed by atoms with van der Waals surface area (Å²) in [5.74, 6) is -0.300. The van der Waals surface area contributed by atoms with Crippen LogP contribution in [0, 0.1) is 5.82 Å². The molecule has 1 unspecified atom stereocenters. The molecule has 22 heavy (non-hydrogen) atoms. The second-order valence-corrected chi connectivity index (χ2v) is 6.39. The van der Waals surface area contributed by atoms with E-state index in [2.05, 4.69) is 23.6 Å². The highest BCUT2D eigenvalue weighted by Gasteiger charge is 2.34. The van der Waals surface area contributed by atoms with Gasteiger partial charge in [-0.2, -0.15) is 0 Å². The van der Waals surface area contributed by atoms with Gasteiger partial charge in [0.05, 0.1) is 5.41 Å². The average molecular weight is 307 g/mol. The van der Waals surface area contributed by atoms with E-state index in [1.165, 1.54) is 12.1 Å². The highest BCUT2D eigenvalue weighted by Crippen LogP contribution is 2.23. The first kappa shape index (κ1) is 17.1. The number of nitrogens with two attached hydrogens (primary N) is 1. The number of piperazine rings is 1. The van der Waals surface area contributed by atoms with Crippen LogP contribution in [0.1, 0.15) is 19.4 Å². The zero-order valence-electron chi connectivity index (χ0n) is 13.5. The number of benzene rings is 1. The molecular weight excluding hydrogens is 281 g/mol. The summed E-state index contributed by atoms with van der Waals surface area (Å²) in [5, 5.41) is 0. The minimum absolute atomic E-state index is 0.229. The predicted molar refractivity (Wildman–Crippen MR) is 86.3 cm³/mol. The predicted octanol–water partition coefficient (Wildman–Crippen LogP) is 1.25. The quantitative estimate of drug-likeness (QED) is 0.804. The topological polar surface area (TPSA) is 49.6 Å². The zero-order chi connectivity index (χ0) is 16.2. The summed E-state index contributed by atoms with van der Waals surface area (Å²) in [6.45, 7) is 9.07. The van der Waals surface area contributed by atoms with Crippen molar-refractivity contribution in [3.8, 4) is 0 Å². The summed E-state index contributed by atoms with van der Waals surface area (Å²) in [6, 6.07) is 6.66. The fourth-order valence-corrected chi connectivity index (χ4v) is 3.05. The molecule has 122 valence electrons. The molecule has 0 radical (unpaired) electrons. The van der Waals surface area contributed by atoms with Gasteiger partial charge in [0, 0.05) is 45.3 Å². The number of halogens is 1. The molecule has 1 heterocycles. The Bertz CT molecular complexity index is 483. The molecule has 0 bridgehead atoms. The normalized spacial score (nSPS) is 20.0. The van der Waals surface area contributed by atoms with E-state index in [4.69, 9.17) is 5.73 Å². The average Bonchev–Trinajstić information content (AvgIpc) is 2.54. The number of carbonyl (C=O) groups is 1. The lowest BCUT2D eigenvalue weighted by molar-refractivity contribution is -0.113. The first-order chi connectivity index (χ1) is 10.5. The molecule has 1 fully saturated rings. The maximum absolute atomic E-state index is 13.1. The smallest absolute Gasteiger partial charge is 0.133 e. The standard InChI is InChI=1S/C17H26FN3O/c1-14(2)21-9-7-20(8-10-21)12-17(11-19,13-22)15-3-5-16(18)6-4-15/h3-6,13-14H,7-12,19H2,1-2H3. The Morgan fingerprint density at radius 3 is 2.27 bits per heavy atom. The molecule has 4 nitrogen and oxygen atoms in total. The van der Waals surface area contributed by atoms with Gasteiger partial charge in [-0.3, -0.25) is 9.80 Å². The fraction of sp³-hybridized carbons (Fsp3) is 0.588. The molecule has 0 spiro atoms. The summed E-state index contributed by atoms with van der Waals surface area (Å²) in [7, 11) is 0. The first-order valence-electron chi connectivity index (χ1n) is 7.89. The van der Waals surface area contributed by atoms with Gasteiger partial charge in [0.2, 0.25) is 0 Å². The van der Waals surface area contributed by atoms with Crippen LogP contribution in [0.4, 0.5) is 4.39 Å². The van der Waals surface area contributed by atoms with Gasteiger partial charge in [-0.05, 0) is 31.5 Å². The maximum atomic E-state index is 13.1. The first-order valence-corrected chi connectivity index (χ1v) is 7.89. The van der Waals surface area contributed by atoms with E-state index in [1.54, 1.807) is 12.1 Å². The Kier molecular flexibility index (Phi) is 5.67. The lowest BCUT2D eigenvalue weighted by Crippen LogP contribution is -2.54. The molecule has 1 aliphatic heterocycles. The number of hydrogen-bond donors (Lipinski definition) is 1. The van der Waals surface area contributed by atoms with E-state index in [1.807, 2.05) is 0 Å². The van der Waals surface area contributed by atoms with Crippen molar-refractivity contribution in [2.75, 3.05) is 39.3 Å². The van der Waals surface area contributed by atoms with E-state index < -0.39 is 5.41 Å². The molecule has 0 amide bonds. The molecule has 1 aliphatic rings. The van der Waals surface area contributed by atoms with Crippen LogP contribution in [0.15, 0.2) is 24.3 Å². The molecule has 2 rings (SSSR count). The molecule has 1 aromatic carbocycles. The monoisotopic (exact) mass is 307 g/mol. The summed E-state index contributed by atoms with van der Waals surface area (Å²) in [5.41, 5.74) is 5.95. The van der Waals surface area contributed by atoms with Crippen molar-refractivity contribution in [2.24, 2.45) is 5.73 Å². The van der Waals surface area contributed by atoms with Crippen LogP contribution in [0.3, 0.4) is 0 Å². The lowest BCUT2D eigenvalue weighted by atomic mass is 9.81. The van der Waals surface area contributed by atoms with Gasteiger partial charge in [-0.1, -0.05) is 12.1 Å². The summed E-state index contributed by atoms with van der Waals surface area (Å²) in [6.07, 6.45) is 0.926. The fourth-order valence-electron chi connectivity index (χ4n) is 3.05. The molecule has 1 atom stereocenters. The van der Waals surface area contributed by atoms with Crippen LogP contribution in [-0.4, -0.2) is 61.4 Å². The van der Waals surface area contributed by atoms with E-state index in [0.29, 0.717) is 12.6 Å². The number of carbonyl (C=O) groups excluding carboxylic acids is 1. The van der Waals surface area contributed by atoms with Gasteiger partial charge in [-0.15, -0.1) is 0 Å². The van der Waals surface area contributed by atoms with E-state index in [-0.39, 0.29) is 12.4 Å². The van der Waals surface area contributed by atoms with Gasteiger partial charge >= 0.3 is 0 Å². The second kappa shape index (κ2) is 7.31. The van der Waals surface area contributed by atoms with Crippen molar-refractivity contribution in [3.63, 3.8) is 0 Å². The van der Waals surface area contributed by atoms with Crippen LogP contribution in [0.2, 0.25) is 0 Å². The third-order valence-electron chi connectivity index (χ3n) is 4.65. The van der Waals surface area contributed by atoms with Crippen molar-refractivity contribution in [1.29, 1.82) is 0 Å². The minimum Gasteiger partial charge on any atom is -0.329 e. The molecule has 1 saturated heterocycles. The van der Waals surface area contributed by atoms with Crippen LogP contribution in [-0.2, 0) is 10.2 Å². The van der Waals surface area contributed by atoms with Crippen LogP contribution in [0.25, 0.3) is 0 Å². The third kappa shape index (κ3) is 3.72. The van der Waals surface area contributed by atoms with Gasteiger partial charge in [0.25, 0.3) is 0 Å². The maximum Gasteiger partial charge on any atom is 0.133 e. The molecule has 0 aliphatic carbocycles. The summed E-state index contributed by atoms with van der Waals surface area (Å²) < 4.78 is 13.1. The van der Waals surface area contributed by atoms with Crippen LogP contribution in [0.5, 0.6) is 0 Å². The minimum atomic E-state index is -0.756. The molecule has 0 aromatic heterocycles. The number of aldehydes is 1. The van der Waals surface area contributed by atoms with E-state index in [9.17, 15) is 9.18 Å². The highest BCUT2D eigenvalue weighted by molar-refractivity contribution is 5.69. The van der Waals surface area contributed by atoms with Crippen molar-refractivity contribution < 1.29 is 9.18 Å². The second-order valence-electron chi connectivity index (χ2n) is 6.39. The lowest BCUT2D eigenvalue weighted by Gasteiger charge is -2.40. The largest absolute Gasteiger partial charge is 0.329 e. The highest BCUT2D eigenvalue weighted by atomic mass is 19.1. The Morgan fingerprint density at radius 1 is 1.23 bits per heavy atom. The third-order valence-corrected chi connectivity index (χ3v) is 4.65. The number of rotatable bonds is 6. The van der Waals surface area contributed by atoms with Crippen molar-refractivity contribution in [3.05, 3.63) is 35.6 Å². The van der Waals surface area contributed by atoms with Crippen molar-refractivity contribution in [2.45, 2.75) is 25.3 Å². The van der Waals surface area contributed by atoms with Crippen LogP contribution >= 0.6 is 0 Å². The Labute approximate surface area is 132 Å².